The first-order chi connectivity index (χ1) is 6.74. The van der Waals surface area contributed by atoms with Gasteiger partial charge in [-0.3, -0.25) is 0 Å². The summed E-state index contributed by atoms with van der Waals surface area (Å²) in [5.74, 6) is 0. The number of carbonyl (C=O) groups excluding carboxylic acids is 1. The lowest BCUT2D eigenvalue weighted by Crippen LogP contribution is -1.87. The largest absolute Gasteiger partial charge is 0.358 e. The Morgan fingerprint density at radius 1 is 1.36 bits per heavy atom. The zero-order valence-electron chi connectivity index (χ0n) is 8.42. The van der Waals surface area contributed by atoms with Gasteiger partial charge < -0.3 is 9.78 Å². The van der Waals surface area contributed by atoms with E-state index in [0.717, 1.165) is 17.5 Å². The van der Waals surface area contributed by atoms with Crippen LogP contribution in [0.2, 0.25) is 0 Å². The maximum atomic E-state index is 10.5. The number of aryl methyl sites for hydroxylation is 2. The molecule has 0 saturated carbocycles. The van der Waals surface area contributed by atoms with Crippen LogP contribution in [0.25, 0.3) is 10.9 Å². The fraction of sp³-hybridized carbons (Fsp3) is 0.250. The van der Waals surface area contributed by atoms with Crippen LogP contribution in [0.5, 0.6) is 0 Å². The minimum atomic E-state index is 0.472. The Morgan fingerprint density at radius 3 is 2.79 bits per heavy atom. The molecular formula is C12H13NO. The Hall–Kier alpha value is -1.57. The third-order valence-electron chi connectivity index (χ3n) is 2.69. The number of aromatic nitrogens is 1. The second-order valence-corrected chi connectivity index (χ2v) is 3.60. The smallest absolute Gasteiger partial charge is 0.125 e. The highest BCUT2D eigenvalue weighted by Crippen LogP contribution is 2.23. The van der Waals surface area contributed by atoms with Gasteiger partial charge in [-0.2, -0.15) is 0 Å². The quantitative estimate of drug-likeness (QED) is 0.720. The number of H-pyrrole nitrogens is 1. The summed E-state index contributed by atoms with van der Waals surface area (Å²) in [5.41, 5.74) is 4.60. The first-order valence-corrected chi connectivity index (χ1v) is 4.74. The van der Waals surface area contributed by atoms with Gasteiger partial charge in [0.25, 0.3) is 0 Å². The molecule has 2 heteroatoms. The zero-order chi connectivity index (χ0) is 10.1. The molecule has 0 saturated heterocycles. The fourth-order valence-corrected chi connectivity index (χ4v) is 1.84. The van der Waals surface area contributed by atoms with Crippen LogP contribution in [0.1, 0.15) is 16.8 Å². The SMILES string of the molecule is Cc1c(CC=O)[nH]c2c(C)cccc12. The van der Waals surface area contributed by atoms with Crippen molar-refractivity contribution in [1.29, 1.82) is 0 Å². The summed E-state index contributed by atoms with van der Waals surface area (Å²) in [6.45, 7) is 4.13. The van der Waals surface area contributed by atoms with Gasteiger partial charge >= 0.3 is 0 Å². The van der Waals surface area contributed by atoms with Gasteiger partial charge in [-0.25, -0.2) is 0 Å². The summed E-state index contributed by atoms with van der Waals surface area (Å²) < 4.78 is 0. The molecule has 0 bridgehead atoms. The van der Waals surface area contributed by atoms with Crippen molar-refractivity contribution in [2.75, 3.05) is 0 Å². The van der Waals surface area contributed by atoms with E-state index in [2.05, 4.69) is 31.0 Å². The molecule has 0 fully saturated rings. The molecule has 0 aliphatic rings. The average molecular weight is 187 g/mol. The van der Waals surface area contributed by atoms with Gasteiger partial charge in [0.1, 0.15) is 6.29 Å². The van der Waals surface area contributed by atoms with Crippen molar-refractivity contribution in [3.63, 3.8) is 0 Å². The average Bonchev–Trinajstić information content (AvgIpc) is 2.48. The van der Waals surface area contributed by atoms with Crippen LogP contribution >= 0.6 is 0 Å². The van der Waals surface area contributed by atoms with E-state index >= 15 is 0 Å². The number of hydrogen-bond acceptors (Lipinski definition) is 1. The summed E-state index contributed by atoms with van der Waals surface area (Å²) in [4.78, 5) is 13.8. The predicted octanol–water partition coefficient (Wildman–Crippen LogP) is 2.53. The standard InChI is InChI=1S/C12H13NO/c1-8-4-3-5-10-9(2)11(6-7-14)13-12(8)10/h3-5,7,13H,6H2,1-2H3. The van der Waals surface area contributed by atoms with E-state index in [9.17, 15) is 4.79 Å². The topological polar surface area (TPSA) is 32.9 Å². The molecule has 72 valence electrons. The van der Waals surface area contributed by atoms with Crippen molar-refractivity contribution >= 4 is 17.2 Å². The van der Waals surface area contributed by atoms with Crippen molar-refractivity contribution in [3.05, 3.63) is 35.0 Å². The van der Waals surface area contributed by atoms with Gasteiger partial charge in [-0.15, -0.1) is 0 Å². The predicted molar refractivity (Wildman–Crippen MR) is 57.5 cm³/mol. The molecule has 1 N–H and O–H groups in total. The molecule has 1 aromatic carbocycles. The summed E-state index contributed by atoms with van der Waals surface area (Å²) in [7, 11) is 0. The Labute approximate surface area is 82.9 Å². The van der Waals surface area contributed by atoms with Crippen LogP contribution in [-0.2, 0) is 11.2 Å². The molecule has 0 aliphatic carbocycles. The van der Waals surface area contributed by atoms with E-state index in [0.29, 0.717) is 6.42 Å². The van der Waals surface area contributed by atoms with E-state index in [4.69, 9.17) is 0 Å². The van der Waals surface area contributed by atoms with Crippen molar-refractivity contribution in [2.24, 2.45) is 0 Å². The maximum Gasteiger partial charge on any atom is 0.125 e. The van der Waals surface area contributed by atoms with E-state index in [1.165, 1.54) is 16.5 Å². The highest BCUT2D eigenvalue weighted by molar-refractivity contribution is 5.87. The first kappa shape index (κ1) is 9.00. The molecule has 2 nitrogen and oxygen atoms in total. The Morgan fingerprint density at radius 2 is 2.14 bits per heavy atom. The molecule has 0 amide bonds. The maximum absolute atomic E-state index is 10.5. The lowest BCUT2D eigenvalue weighted by Gasteiger charge is -1.94. The molecule has 0 atom stereocenters. The van der Waals surface area contributed by atoms with Gasteiger partial charge in [0.15, 0.2) is 0 Å². The molecule has 1 aromatic heterocycles. The molecule has 0 radical (unpaired) electrons. The highest BCUT2D eigenvalue weighted by atomic mass is 16.1. The Balaban J connectivity index is 2.72. The number of benzene rings is 1. The van der Waals surface area contributed by atoms with Gasteiger partial charge in [0, 0.05) is 23.0 Å². The number of hydrogen-bond donors (Lipinski definition) is 1. The number of aromatic amines is 1. The number of fused-ring (bicyclic) bond motifs is 1. The molecular weight excluding hydrogens is 174 g/mol. The molecule has 0 spiro atoms. The lowest BCUT2D eigenvalue weighted by atomic mass is 10.1. The third-order valence-corrected chi connectivity index (χ3v) is 2.69. The van der Waals surface area contributed by atoms with Crippen LogP contribution in [0, 0.1) is 13.8 Å². The molecule has 14 heavy (non-hydrogen) atoms. The van der Waals surface area contributed by atoms with E-state index in [-0.39, 0.29) is 0 Å². The van der Waals surface area contributed by atoms with Crippen LogP contribution < -0.4 is 0 Å². The highest BCUT2D eigenvalue weighted by Gasteiger charge is 2.07. The molecule has 1 heterocycles. The normalized spacial score (nSPS) is 10.7. The Bertz CT molecular complexity index is 482. The van der Waals surface area contributed by atoms with E-state index in [1.54, 1.807) is 0 Å². The van der Waals surface area contributed by atoms with Gasteiger partial charge in [0.05, 0.1) is 0 Å². The Kier molecular flexibility index (Phi) is 2.12. The summed E-state index contributed by atoms with van der Waals surface area (Å²) in [5, 5.41) is 1.22. The lowest BCUT2D eigenvalue weighted by molar-refractivity contribution is -0.107. The van der Waals surface area contributed by atoms with Crippen LogP contribution in [0.4, 0.5) is 0 Å². The van der Waals surface area contributed by atoms with Crippen LogP contribution in [0.15, 0.2) is 18.2 Å². The minimum absolute atomic E-state index is 0.472. The van der Waals surface area contributed by atoms with Gasteiger partial charge in [-0.1, -0.05) is 18.2 Å². The molecule has 2 rings (SSSR count). The molecule has 2 aromatic rings. The monoisotopic (exact) mass is 187 g/mol. The van der Waals surface area contributed by atoms with E-state index in [1.807, 2.05) is 6.07 Å². The fourth-order valence-electron chi connectivity index (χ4n) is 1.84. The van der Waals surface area contributed by atoms with Crippen molar-refractivity contribution < 1.29 is 4.79 Å². The number of para-hydroxylation sites is 1. The molecule has 0 aliphatic heterocycles. The second-order valence-electron chi connectivity index (χ2n) is 3.60. The summed E-state index contributed by atoms with van der Waals surface area (Å²) in [6.07, 6.45) is 1.41. The van der Waals surface area contributed by atoms with Crippen molar-refractivity contribution in [2.45, 2.75) is 20.3 Å². The minimum Gasteiger partial charge on any atom is -0.358 e. The third kappa shape index (κ3) is 1.23. The van der Waals surface area contributed by atoms with Crippen LogP contribution in [0.3, 0.4) is 0 Å². The number of aldehydes is 1. The van der Waals surface area contributed by atoms with Gasteiger partial charge in [0.2, 0.25) is 0 Å². The molecule has 0 unspecified atom stereocenters. The summed E-state index contributed by atoms with van der Waals surface area (Å²) >= 11 is 0. The number of carbonyl (C=O) groups is 1. The van der Waals surface area contributed by atoms with Crippen molar-refractivity contribution in [3.8, 4) is 0 Å². The second kappa shape index (κ2) is 3.29. The summed E-state index contributed by atoms with van der Waals surface area (Å²) in [6, 6.07) is 6.20. The van der Waals surface area contributed by atoms with E-state index < -0.39 is 0 Å². The number of rotatable bonds is 2. The van der Waals surface area contributed by atoms with Crippen LogP contribution in [-0.4, -0.2) is 11.3 Å². The van der Waals surface area contributed by atoms with Gasteiger partial charge in [-0.05, 0) is 25.0 Å². The first-order valence-electron chi connectivity index (χ1n) is 4.74. The van der Waals surface area contributed by atoms with Crippen molar-refractivity contribution in [1.82, 2.24) is 4.98 Å². The zero-order valence-corrected chi connectivity index (χ0v) is 8.42. The number of nitrogens with one attached hydrogen (secondary N) is 1.